The van der Waals surface area contributed by atoms with Gasteiger partial charge in [0.2, 0.25) is 5.91 Å². The number of halogens is 1. The number of carbonyl (C=O) groups is 1. The van der Waals surface area contributed by atoms with E-state index in [0.717, 1.165) is 24.0 Å². The zero-order chi connectivity index (χ0) is 18.0. The topological polar surface area (TPSA) is 43.8 Å². The molecule has 5 heteroatoms. The summed E-state index contributed by atoms with van der Waals surface area (Å²) in [5.41, 5.74) is 1.68. The van der Waals surface area contributed by atoms with Gasteiger partial charge in [0, 0.05) is 12.6 Å². The Hall–Kier alpha value is -2.40. The summed E-state index contributed by atoms with van der Waals surface area (Å²) in [6.07, 6.45) is 1.99. The monoisotopic (exact) mass is 342 g/mol. The number of aromatic hydroxyl groups is 1. The molecule has 132 valence electrons. The summed E-state index contributed by atoms with van der Waals surface area (Å²) >= 11 is 0. The van der Waals surface area contributed by atoms with E-state index in [0.29, 0.717) is 6.54 Å². The van der Waals surface area contributed by atoms with Crippen molar-refractivity contribution in [2.45, 2.75) is 31.5 Å². The molecule has 4 nitrogen and oxygen atoms in total. The highest BCUT2D eigenvalue weighted by Gasteiger charge is 2.37. The molecule has 0 unspecified atom stereocenters. The van der Waals surface area contributed by atoms with Crippen molar-refractivity contribution in [3.63, 3.8) is 0 Å². The average Bonchev–Trinajstić information content (AvgIpc) is 3.39. The molecule has 0 spiro atoms. The van der Waals surface area contributed by atoms with E-state index in [4.69, 9.17) is 0 Å². The van der Waals surface area contributed by atoms with Crippen LogP contribution in [-0.4, -0.2) is 41.0 Å². The molecule has 1 fully saturated rings. The summed E-state index contributed by atoms with van der Waals surface area (Å²) in [6.45, 7) is 0.462. The molecule has 0 radical (unpaired) electrons. The lowest BCUT2D eigenvalue weighted by atomic mass is 10.0. The van der Waals surface area contributed by atoms with Crippen LogP contribution >= 0.6 is 0 Å². The maximum atomic E-state index is 13.3. The van der Waals surface area contributed by atoms with Crippen LogP contribution in [0.15, 0.2) is 48.5 Å². The quantitative estimate of drug-likeness (QED) is 0.876. The summed E-state index contributed by atoms with van der Waals surface area (Å²) in [5.74, 6) is -0.113. The normalized spacial score (nSPS) is 15.2. The Morgan fingerprint density at radius 2 is 1.88 bits per heavy atom. The number of carbonyl (C=O) groups excluding carboxylic acids is 1. The zero-order valence-corrected chi connectivity index (χ0v) is 14.5. The van der Waals surface area contributed by atoms with Crippen molar-refractivity contribution in [1.29, 1.82) is 0 Å². The van der Waals surface area contributed by atoms with Crippen LogP contribution in [-0.2, 0) is 11.3 Å². The van der Waals surface area contributed by atoms with Crippen LogP contribution in [0, 0.1) is 5.82 Å². The number of phenolic OH excluding ortho intramolecular Hbond substituents is 1. The summed E-state index contributed by atoms with van der Waals surface area (Å²) in [7, 11) is 3.71. The third-order valence-electron chi connectivity index (χ3n) is 4.47. The predicted octanol–water partition coefficient (Wildman–Crippen LogP) is 3.33. The number of rotatable bonds is 6. The fourth-order valence-electron chi connectivity index (χ4n) is 3.09. The molecule has 1 amide bonds. The molecule has 1 N–H and O–H groups in total. The highest BCUT2D eigenvalue weighted by molar-refractivity contribution is 5.84. The zero-order valence-electron chi connectivity index (χ0n) is 14.5. The van der Waals surface area contributed by atoms with Gasteiger partial charge < -0.3 is 10.0 Å². The minimum atomic E-state index is -0.460. The number of likely N-dealkylation sites (N-methyl/N-ethyl adjacent to an activating group) is 1. The molecule has 0 heterocycles. The predicted molar refractivity (Wildman–Crippen MR) is 94.5 cm³/mol. The van der Waals surface area contributed by atoms with Gasteiger partial charge in [0.05, 0.1) is 0 Å². The maximum Gasteiger partial charge on any atom is 0.245 e. The van der Waals surface area contributed by atoms with Crippen LogP contribution in [0.3, 0.4) is 0 Å². The van der Waals surface area contributed by atoms with Gasteiger partial charge in [-0.2, -0.15) is 0 Å². The second-order valence-electron chi connectivity index (χ2n) is 6.78. The van der Waals surface area contributed by atoms with Gasteiger partial charge in [0.15, 0.2) is 0 Å². The van der Waals surface area contributed by atoms with Gasteiger partial charge in [-0.3, -0.25) is 9.69 Å². The summed E-state index contributed by atoms with van der Waals surface area (Å²) in [4.78, 5) is 17.0. The smallest absolute Gasteiger partial charge is 0.245 e. The van der Waals surface area contributed by atoms with E-state index < -0.39 is 6.04 Å². The van der Waals surface area contributed by atoms with Crippen LogP contribution in [0.2, 0.25) is 0 Å². The van der Waals surface area contributed by atoms with E-state index in [-0.39, 0.29) is 23.5 Å². The molecule has 1 atom stereocenters. The fraction of sp³-hybridized carbons (Fsp3) is 0.350. The van der Waals surface area contributed by atoms with Crippen molar-refractivity contribution in [2.75, 3.05) is 14.1 Å². The lowest BCUT2D eigenvalue weighted by molar-refractivity contribution is -0.137. The number of benzene rings is 2. The molecule has 25 heavy (non-hydrogen) atoms. The lowest BCUT2D eigenvalue weighted by Gasteiger charge is -2.31. The number of hydrogen-bond acceptors (Lipinski definition) is 3. The van der Waals surface area contributed by atoms with E-state index in [9.17, 15) is 14.3 Å². The summed E-state index contributed by atoms with van der Waals surface area (Å²) < 4.78 is 13.2. The first-order chi connectivity index (χ1) is 12.0. The third-order valence-corrected chi connectivity index (χ3v) is 4.47. The second-order valence-corrected chi connectivity index (χ2v) is 6.78. The number of amides is 1. The SMILES string of the molecule is CN(C)[C@@H](C(=O)N(Cc1cccc(O)c1)C1CC1)c1ccc(F)cc1. The first kappa shape index (κ1) is 17.4. The van der Waals surface area contributed by atoms with Gasteiger partial charge in [0.1, 0.15) is 17.6 Å². The molecule has 1 saturated carbocycles. The third kappa shape index (κ3) is 4.17. The van der Waals surface area contributed by atoms with Crippen LogP contribution in [0.25, 0.3) is 0 Å². The Morgan fingerprint density at radius 3 is 2.44 bits per heavy atom. The van der Waals surface area contributed by atoms with E-state index in [1.54, 1.807) is 30.3 Å². The highest BCUT2D eigenvalue weighted by atomic mass is 19.1. The van der Waals surface area contributed by atoms with Gasteiger partial charge >= 0.3 is 0 Å². The second kappa shape index (κ2) is 7.23. The molecule has 0 aliphatic heterocycles. The number of hydrogen-bond donors (Lipinski definition) is 1. The van der Waals surface area contributed by atoms with Gasteiger partial charge in [-0.25, -0.2) is 4.39 Å². The first-order valence-electron chi connectivity index (χ1n) is 8.46. The molecule has 0 bridgehead atoms. The largest absolute Gasteiger partial charge is 0.508 e. The van der Waals surface area contributed by atoms with E-state index >= 15 is 0 Å². The van der Waals surface area contributed by atoms with Crippen molar-refractivity contribution >= 4 is 5.91 Å². The van der Waals surface area contributed by atoms with Crippen molar-refractivity contribution in [1.82, 2.24) is 9.80 Å². The lowest BCUT2D eigenvalue weighted by Crippen LogP contribution is -2.41. The van der Waals surface area contributed by atoms with Crippen LogP contribution in [0.1, 0.15) is 30.0 Å². The van der Waals surface area contributed by atoms with Crippen LogP contribution in [0.4, 0.5) is 4.39 Å². The fourth-order valence-corrected chi connectivity index (χ4v) is 3.09. The first-order valence-corrected chi connectivity index (χ1v) is 8.46. The van der Waals surface area contributed by atoms with Gasteiger partial charge in [-0.15, -0.1) is 0 Å². The molecular weight excluding hydrogens is 319 g/mol. The molecule has 1 aliphatic rings. The molecule has 1 aliphatic carbocycles. The summed E-state index contributed by atoms with van der Waals surface area (Å²) in [6, 6.07) is 12.9. The highest BCUT2D eigenvalue weighted by Crippen LogP contribution is 2.33. The Labute approximate surface area is 147 Å². The average molecular weight is 342 g/mol. The van der Waals surface area contributed by atoms with Gasteiger partial charge in [0.25, 0.3) is 0 Å². The standard InChI is InChI=1S/C20H23FN2O2/c1-22(2)19(15-6-8-16(21)9-7-15)20(25)23(17-10-11-17)13-14-4-3-5-18(24)12-14/h3-9,12,17,19,24H,10-11,13H2,1-2H3/t19-/m1/s1. The van der Waals surface area contributed by atoms with Gasteiger partial charge in [-0.05, 0) is 62.3 Å². The molecule has 2 aromatic carbocycles. The molecule has 0 saturated heterocycles. The summed E-state index contributed by atoms with van der Waals surface area (Å²) in [5, 5.41) is 9.67. The van der Waals surface area contributed by atoms with E-state index in [1.165, 1.54) is 12.1 Å². The van der Waals surface area contributed by atoms with Crippen LogP contribution < -0.4 is 0 Å². The van der Waals surface area contributed by atoms with E-state index in [1.807, 2.05) is 30.0 Å². The molecular formula is C20H23FN2O2. The Balaban J connectivity index is 1.86. The van der Waals surface area contributed by atoms with Crippen molar-refractivity contribution < 1.29 is 14.3 Å². The van der Waals surface area contributed by atoms with E-state index in [2.05, 4.69) is 0 Å². The minimum Gasteiger partial charge on any atom is -0.508 e. The van der Waals surface area contributed by atoms with Crippen molar-refractivity contribution in [3.05, 3.63) is 65.5 Å². The molecule has 0 aromatic heterocycles. The van der Waals surface area contributed by atoms with Crippen molar-refractivity contribution in [2.24, 2.45) is 0 Å². The Morgan fingerprint density at radius 1 is 1.20 bits per heavy atom. The Bertz CT molecular complexity index is 742. The Kier molecular flexibility index (Phi) is 5.04. The van der Waals surface area contributed by atoms with Crippen molar-refractivity contribution in [3.8, 4) is 5.75 Å². The molecule has 3 rings (SSSR count). The van der Waals surface area contributed by atoms with Gasteiger partial charge in [-0.1, -0.05) is 24.3 Å². The minimum absolute atomic E-state index is 0.00227. The number of nitrogens with zero attached hydrogens (tertiary/aromatic N) is 2. The maximum absolute atomic E-state index is 13.3. The molecule has 2 aromatic rings. The number of phenols is 1. The van der Waals surface area contributed by atoms with Crippen LogP contribution in [0.5, 0.6) is 5.75 Å².